The molecule has 0 saturated heterocycles. The zero-order chi connectivity index (χ0) is 56.2. The molecule has 1 unspecified atom stereocenters. The highest BCUT2D eigenvalue weighted by molar-refractivity contribution is 5.70. The predicted molar refractivity (Wildman–Crippen MR) is 344 cm³/mol. The van der Waals surface area contributed by atoms with Gasteiger partial charge in [-0.1, -0.05) is 371 Å². The number of hydrogen-bond donors (Lipinski definition) is 1. The van der Waals surface area contributed by atoms with Crippen LogP contribution in [0.2, 0.25) is 0 Å². The van der Waals surface area contributed by atoms with Crippen LogP contribution in [-0.2, 0) is 19.1 Å². The number of ether oxygens (including phenoxy) is 2. The van der Waals surface area contributed by atoms with E-state index in [1.165, 1.54) is 327 Å². The zero-order valence-corrected chi connectivity index (χ0v) is 53.0. The summed E-state index contributed by atoms with van der Waals surface area (Å²) in [6.07, 6.45) is 91.9. The minimum atomic E-state index is -0.768. The van der Waals surface area contributed by atoms with Gasteiger partial charge in [0.15, 0.2) is 6.10 Å². The Bertz CT molecular complexity index is 1240. The number of rotatable bonds is 67. The first kappa shape index (κ1) is 76.1. The SMILES string of the molecule is CCCCCCC/C=C\C/C=C\C/C=C\CCCCCCCCCCCCCCCCCCCCCCCCCCC(=O)OC(CO)COC(=O)CCCCCCCCCCCCCCCCCCCCCCCCCCC. The normalized spacial score (nSPS) is 12.3. The fourth-order valence-electron chi connectivity index (χ4n) is 11.1. The molecule has 5 nitrogen and oxygen atoms in total. The molecule has 0 aliphatic carbocycles. The van der Waals surface area contributed by atoms with Crippen molar-refractivity contribution < 1.29 is 24.2 Å². The van der Waals surface area contributed by atoms with Crippen LogP contribution in [-0.4, -0.2) is 36.4 Å². The molecular formula is C73H138O5. The molecule has 1 atom stereocenters. The lowest BCUT2D eigenvalue weighted by atomic mass is 10.0. The van der Waals surface area contributed by atoms with E-state index < -0.39 is 6.10 Å². The van der Waals surface area contributed by atoms with Crippen LogP contribution in [0.15, 0.2) is 36.5 Å². The Morgan fingerprint density at radius 3 is 0.769 bits per heavy atom. The van der Waals surface area contributed by atoms with E-state index in [0.717, 1.165) is 44.9 Å². The van der Waals surface area contributed by atoms with Crippen LogP contribution in [0.3, 0.4) is 0 Å². The fourth-order valence-corrected chi connectivity index (χ4v) is 11.1. The summed E-state index contributed by atoms with van der Waals surface area (Å²) in [5, 5.41) is 9.70. The standard InChI is InChI=1S/C73H138O5/c1-3-5-7-9-11-13-15-17-19-21-23-25-27-29-30-31-32-33-34-35-36-37-38-39-40-41-42-44-46-48-50-52-54-56-58-60-62-64-66-68-73(76)78-71(69-74)70-77-72(75)67-65-63-61-59-57-55-53-51-49-47-45-43-28-26-24-22-20-18-16-14-12-10-8-6-4-2/h15,17,21,23,27,29,71,74H,3-14,16,18-20,22,24-26,28,30-70H2,1-2H3/b17-15-,23-21-,29-27-. The Morgan fingerprint density at radius 1 is 0.295 bits per heavy atom. The first-order chi connectivity index (χ1) is 38.6. The predicted octanol–water partition coefficient (Wildman–Crippen LogP) is 24.5. The van der Waals surface area contributed by atoms with E-state index in [1.807, 2.05) is 0 Å². The second kappa shape index (κ2) is 69.4. The van der Waals surface area contributed by atoms with Crippen molar-refractivity contribution in [3.63, 3.8) is 0 Å². The molecule has 460 valence electrons. The van der Waals surface area contributed by atoms with Gasteiger partial charge < -0.3 is 14.6 Å². The average molecular weight is 1100 g/mol. The van der Waals surface area contributed by atoms with Crippen LogP contribution in [0.4, 0.5) is 0 Å². The second-order valence-corrected chi connectivity index (χ2v) is 24.3. The molecule has 0 fully saturated rings. The molecule has 0 aromatic carbocycles. The zero-order valence-electron chi connectivity index (χ0n) is 53.0. The van der Waals surface area contributed by atoms with Crippen molar-refractivity contribution in [2.24, 2.45) is 0 Å². The van der Waals surface area contributed by atoms with Gasteiger partial charge in [0.25, 0.3) is 0 Å². The Balaban J connectivity index is 3.37. The maximum Gasteiger partial charge on any atom is 0.306 e. The van der Waals surface area contributed by atoms with Gasteiger partial charge in [0.05, 0.1) is 6.61 Å². The number of allylic oxidation sites excluding steroid dienone is 6. The molecule has 0 aliphatic rings. The van der Waals surface area contributed by atoms with E-state index in [4.69, 9.17) is 9.47 Å². The highest BCUT2D eigenvalue weighted by Gasteiger charge is 2.16. The molecule has 0 aromatic heterocycles. The van der Waals surface area contributed by atoms with Gasteiger partial charge in [-0.15, -0.1) is 0 Å². The quantitative estimate of drug-likeness (QED) is 0.0373. The van der Waals surface area contributed by atoms with Crippen molar-refractivity contribution in [1.29, 1.82) is 0 Å². The third-order valence-electron chi connectivity index (χ3n) is 16.4. The Morgan fingerprint density at radius 2 is 0.513 bits per heavy atom. The molecule has 0 saturated carbocycles. The van der Waals surface area contributed by atoms with Crippen LogP contribution >= 0.6 is 0 Å². The number of carbonyl (C=O) groups is 2. The lowest BCUT2D eigenvalue weighted by Gasteiger charge is -2.15. The van der Waals surface area contributed by atoms with E-state index in [-0.39, 0.29) is 25.2 Å². The van der Waals surface area contributed by atoms with Gasteiger partial charge in [-0.3, -0.25) is 9.59 Å². The van der Waals surface area contributed by atoms with Crippen molar-refractivity contribution in [2.45, 2.75) is 405 Å². The summed E-state index contributed by atoms with van der Waals surface area (Å²) in [5.74, 6) is -0.563. The smallest absolute Gasteiger partial charge is 0.306 e. The van der Waals surface area contributed by atoms with Gasteiger partial charge in [0.2, 0.25) is 0 Å². The maximum absolute atomic E-state index is 12.4. The van der Waals surface area contributed by atoms with Crippen molar-refractivity contribution in [1.82, 2.24) is 0 Å². The van der Waals surface area contributed by atoms with Crippen LogP contribution in [0.5, 0.6) is 0 Å². The van der Waals surface area contributed by atoms with Gasteiger partial charge in [0.1, 0.15) is 6.61 Å². The van der Waals surface area contributed by atoms with Crippen molar-refractivity contribution in [3.05, 3.63) is 36.5 Å². The molecule has 78 heavy (non-hydrogen) atoms. The lowest BCUT2D eigenvalue weighted by molar-refractivity contribution is -0.161. The molecule has 0 spiro atoms. The van der Waals surface area contributed by atoms with E-state index in [0.29, 0.717) is 12.8 Å². The molecule has 0 heterocycles. The first-order valence-electron chi connectivity index (χ1n) is 35.5. The fraction of sp³-hybridized carbons (Fsp3) is 0.890. The van der Waals surface area contributed by atoms with Crippen molar-refractivity contribution in [3.8, 4) is 0 Å². The van der Waals surface area contributed by atoms with E-state index in [2.05, 4.69) is 50.3 Å². The minimum absolute atomic E-state index is 0.0579. The summed E-state index contributed by atoms with van der Waals surface area (Å²) in [4.78, 5) is 24.6. The highest BCUT2D eigenvalue weighted by Crippen LogP contribution is 2.19. The van der Waals surface area contributed by atoms with Crippen molar-refractivity contribution >= 4 is 11.9 Å². The third kappa shape index (κ3) is 66.6. The number of aliphatic hydroxyl groups is 1. The molecule has 0 bridgehead atoms. The number of esters is 2. The maximum atomic E-state index is 12.4. The van der Waals surface area contributed by atoms with Crippen LogP contribution in [0.25, 0.3) is 0 Å². The van der Waals surface area contributed by atoms with E-state index in [9.17, 15) is 14.7 Å². The van der Waals surface area contributed by atoms with Gasteiger partial charge >= 0.3 is 11.9 Å². The molecule has 0 aliphatic heterocycles. The van der Waals surface area contributed by atoms with Gasteiger partial charge in [0, 0.05) is 12.8 Å². The Hall–Kier alpha value is -1.88. The molecule has 0 aromatic rings. The Kier molecular flexibility index (Phi) is 67.7. The third-order valence-corrected chi connectivity index (χ3v) is 16.4. The number of carbonyl (C=O) groups excluding carboxylic acids is 2. The molecular weight excluding hydrogens is 957 g/mol. The lowest BCUT2D eigenvalue weighted by Crippen LogP contribution is -2.28. The monoisotopic (exact) mass is 1100 g/mol. The van der Waals surface area contributed by atoms with Gasteiger partial charge in [-0.2, -0.15) is 0 Å². The van der Waals surface area contributed by atoms with E-state index >= 15 is 0 Å². The van der Waals surface area contributed by atoms with Crippen LogP contribution in [0, 0.1) is 0 Å². The summed E-state index contributed by atoms with van der Waals surface area (Å²) in [6, 6.07) is 0. The van der Waals surface area contributed by atoms with Crippen molar-refractivity contribution in [2.75, 3.05) is 13.2 Å². The van der Waals surface area contributed by atoms with Gasteiger partial charge in [-0.25, -0.2) is 0 Å². The summed E-state index contributed by atoms with van der Waals surface area (Å²) in [5.41, 5.74) is 0. The average Bonchev–Trinajstić information content (AvgIpc) is 3.44. The largest absolute Gasteiger partial charge is 0.462 e. The molecule has 0 radical (unpaired) electrons. The Labute approximate surface area is 488 Å². The number of unbranched alkanes of at least 4 members (excludes halogenated alkanes) is 53. The molecule has 5 heteroatoms. The molecule has 1 N–H and O–H groups in total. The second-order valence-electron chi connectivity index (χ2n) is 24.3. The summed E-state index contributed by atoms with van der Waals surface area (Å²) in [6.45, 7) is 4.20. The summed E-state index contributed by atoms with van der Waals surface area (Å²) < 4.78 is 10.8. The topological polar surface area (TPSA) is 72.8 Å². The van der Waals surface area contributed by atoms with Crippen LogP contribution in [0.1, 0.15) is 399 Å². The minimum Gasteiger partial charge on any atom is -0.462 e. The van der Waals surface area contributed by atoms with Crippen LogP contribution < -0.4 is 0 Å². The summed E-state index contributed by atoms with van der Waals surface area (Å²) in [7, 11) is 0. The van der Waals surface area contributed by atoms with Gasteiger partial charge in [-0.05, 0) is 51.4 Å². The van der Waals surface area contributed by atoms with E-state index in [1.54, 1.807) is 0 Å². The molecule has 0 amide bonds. The summed E-state index contributed by atoms with van der Waals surface area (Å²) >= 11 is 0. The molecule has 0 rings (SSSR count). The highest BCUT2D eigenvalue weighted by atomic mass is 16.6. The first-order valence-corrected chi connectivity index (χ1v) is 35.5. The number of aliphatic hydroxyl groups excluding tert-OH is 1. The number of hydrogen-bond acceptors (Lipinski definition) is 5.